The van der Waals surface area contributed by atoms with Crippen molar-refractivity contribution < 1.29 is 56.5 Å². The molecule has 1 aliphatic rings. The Labute approximate surface area is 250 Å². The SMILES string of the molecule is Nc1ncnc2c1ncn2[C@@H]1O[C@H](COP(=O)(S)OP(=O)(O)OP(=O)(O)O)[C@@H](O)[C@H]1O.[LiH].[LiH].[LiH].[LiH]. The fourth-order valence-corrected chi connectivity index (χ4v) is 6.68. The number of nitrogens with two attached hydrogens (primary N) is 1. The number of aromatic nitrogens is 4. The number of hydrogen-bond donors (Lipinski definition) is 7. The Kier molecular flexibility index (Phi) is 16.2. The summed E-state index contributed by atoms with van der Waals surface area (Å²) >= 11 is 3.40. The van der Waals surface area contributed by atoms with E-state index in [-0.39, 0.29) is 92.4 Å². The van der Waals surface area contributed by atoms with Gasteiger partial charge in [0, 0.05) is 0 Å². The van der Waals surface area contributed by atoms with Crippen LogP contribution >= 0.6 is 34.7 Å². The first-order valence-corrected chi connectivity index (χ1v) is 13.6. The molecule has 0 spiro atoms. The topological polar surface area (TPSA) is 259 Å². The van der Waals surface area contributed by atoms with E-state index in [0.29, 0.717) is 0 Å². The number of nitrogen functional groups attached to an aromatic ring is 1. The number of aliphatic hydroxyl groups excluding tert-OH is 2. The second kappa shape index (κ2) is 14.7. The van der Waals surface area contributed by atoms with Crippen LogP contribution < -0.4 is 5.73 Å². The monoisotopic (exact) mass is 555 g/mol. The predicted octanol–water partition coefficient (Wildman–Crippen LogP) is -3.29. The van der Waals surface area contributed by atoms with Gasteiger partial charge in [-0.1, -0.05) is 12.2 Å². The second-order valence-electron chi connectivity index (χ2n) is 6.02. The molecule has 3 rings (SSSR count). The van der Waals surface area contributed by atoms with Crippen LogP contribution in [0.5, 0.6) is 0 Å². The molecule has 35 heavy (non-hydrogen) atoms. The zero-order chi connectivity index (χ0) is 23.2. The summed E-state index contributed by atoms with van der Waals surface area (Å²) in [4.78, 5) is 38.1. The van der Waals surface area contributed by atoms with Crippen molar-refractivity contribution in [3.05, 3.63) is 12.7 Å². The number of fused-ring (bicyclic) bond motifs is 1. The van der Waals surface area contributed by atoms with Crippen LogP contribution in [0.25, 0.3) is 11.2 Å². The summed E-state index contributed by atoms with van der Waals surface area (Å²) < 4.78 is 53.2. The number of hydrogen-bond acceptors (Lipinski definition) is 13. The average molecular weight is 555 g/mol. The molecule has 2 unspecified atom stereocenters. The number of anilines is 1. The van der Waals surface area contributed by atoms with Crippen LogP contribution in [0.4, 0.5) is 5.82 Å². The summed E-state index contributed by atoms with van der Waals surface area (Å²) in [6.07, 6.45) is -3.33. The number of imidazole rings is 1. The van der Waals surface area contributed by atoms with Gasteiger partial charge >= 0.3 is 97.9 Å². The first-order valence-electron chi connectivity index (χ1n) is 7.92. The Morgan fingerprint density at radius 1 is 1.03 bits per heavy atom. The number of rotatable bonds is 8. The molecule has 2 aromatic rings. The summed E-state index contributed by atoms with van der Waals surface area (Å²) in [6.45, 7) is -5.52. The molecule has 25 heteroatoms. The van der Waals surface area contributed by atoms with Gasteiger partial charge in [0.2, 0.25) is 0 Å². The summed E-state index contributed by atoms with van der Waals surface area (Å²) in [6, 6.07) is 0. The number of thiol groups is 1. The molecule has 3 heterocycles. The van der Waals surface area contributed by atoms with Gasteiger partial charge in [-0.2, -0.15) is 8.62 Å². The zero-order valence-electron chi connectivity index (χ0n) is 14.9. The fraction of sp³-hybridized carbons (Fsp3) is 0.500. The predicted molar refractivity (Wildman–Crippen MR) is 131 cm³/mol. The maximum absolute atomic E-state index is 12.1. The van der Waals surface area contributed by atoms with Gasteiger partial charge in [0.15, 0.2) is 17.7 Å². The molecule has 0 radical (unpaired) electrons. The molecular weight excluding hydrogens is 535 g/mol. The van der Waals surface area contributed by atoms with E-state index in [0.717, 1.165) is 6.33 Å². The van der Waals surface area contributed by atoms with Crippen molar-refractivity contribution in [3.63, 3.8) is 0 Å². The Morgan fingerprint density at radius 3 is 2.20 bits per heavy atom. The summed E-state index contributed by atoms with van der Waals surface area (Å²) in [5.41, 5.74) is 6.08. The molecule has 1 saturated heterocycles. The van der Waals surface area contributed by atoms with E-state index in [1.807, 2.05) is 0 Å². The molecule has 0 aliphatic carbocycles. The fourth-order valence-electron chi connectivity index (χ4n) is 2.62. The molecule has 182 valence electrons. The van der Waals surface area contributed by atoms with E-state index >= 15 is 0 Å². The first kappa shape index (κ1) is 38.6. The molecule has 0 amide bonds. The van der Waals surface area contributed by atoms with Crippen molar-refractivity contribution in [1.29, 1.82) is 0 Å². The van der Waals surface area contributed by atoms with E-state index < -0.39 is 53.6 Å². The van der Waals surface area contributed by atoms with E-state index in [1.165, 1.54) is 10.9 Å². The molecule has 17 nitrogen and oxygen atoms in total. The molecule has 0 saturated carbocycles. The third-order valence-corrected chi connectivity index (χ3v) is 8.62. The van der Waals surface area contributed by atoms with Gasteiger partial charge in [-0.05, 0) is 0 Å². The van der Waals surface area contributed by atoms with Gasteiger partial charge in [-0.25, -0.2) is 28.6 Å². The van der Waals surface area contributed by atoms with E-state index in [1.54, 1.807) is 0 Å². The van der Waals surface area contributed by atoms with Crippen molar-refractivity contribution in [2.24, 2.45) is 0 Å². The number of nitrogens with zero attached hydrogens (tertiary/aromatic N) is 4. The van der Waals surface area contributed by atoms with Crippen LogP contribution in [0.2, 0.25) is 0 Å². The van der Waals surface area contributed by atoms with Gasteiger partial charge in [-0.3, -0.25) is 9.09 Å². The van der Waals surface area contributed by atoms with Crippen molar-refractivity contribution in [3.8, 4) is 0 Å². The summed E-state index contributed by atoms with van der Waals surface area (Å²) in [7, 11) is -11.0. The van der Waals surface area contributed by atoms with Crippen LogP contribution in [0.1, 0.15) is 6.23 Å². The van der Waals surface area contributed by atoms with Crippen LogP contribution in [-0.4, -0.2) is 145 Å². The summed E-state index contributed by atoms with van der Waals surface area (Å²) in [5, 5.41) is 20.5. The van der Waals surface area contributed by atoms with Crippen molar-refractivity contribution >= 4 is 127 Å². The van der Waals surface area contributed by atoms with Gasteiger partial charge in [0.25, 0.3) is 0 Å². The van der Waals surface area contributed by atoms with Crippen LogP contribution in [0, 0.1) is 0 Å². The molecule has 0 aromatic carbocycles. The maximum atomic E-state index is 12.1. The minimum absolute atomic E-state index is 0. The van der Waals surface area contributed by atoms with Gasteiger partial charge in [0.1, 0.15) is 30.2 Å². The molecule has 7 N–H and O–H groups in total. The van der Waals surface area contributed by atoms with E-state index in [4.69, 9.17) is 24.8 Å². The normalized spacial score (nSPS) is 25.2. The zero-order valence-corrected chi connectivity index (χ0v) is 18.5. The number of phosphoric acid groups is 2. The molecular formula is C10H20Li4N5O12P3S. The second-order valence-corrected chi connectivity index (χ2v) is 11.9. The van der Waals surface area contributed by atoms with Crippen molar-refractivity contribution in [2.75, 3.05) is 12.3 Å². The minimum atomic E-state index is -5.53. The van der Waals surface area contributed by atoms with Gasteiger partial charge in [0.05, 0.1) is 12.9 Å². The van der Waals surface area contributed by atoms with Crippen molar-refractivity contribution in [1.82, 2.24) is 19.5 Å². The molecule has 6 atom stereocenters. The number of ether oxygens (including phenoxy) is 1. The third-order valence-electron chi connectivity index (χ3n) is 3.82. The Balaban J connectivity index is 0. The van der Waals surface area contributed by atoms with Crippen LogP contribution in [0.15, 0.2) is 12.7 Å². The summed E-state index contributed by atoms with van der Waals surface area (Å²) in [5.74, 6) is 0.0655. The van der Waals surface area contributed by atoms with Crippen molar-refractivity contribution in [2.45, 2.75) is 24.5 Å². The quantitative estimate of drug-likeness (QED) is 0.0957. The molecule has 0 bridgehead atoms. The first-order chi connectivity index (χ1) is 14.2. The van der Waals surface area contributed by atoms with Crippen LogP contribution in [0.3, 0.4) is 0 Å². The standard InChI is InChI=1S/C10H16N5O12P3S.4Li.4H/c11-8-5-9(13-2-12-8)15(3-14-5)10-7(17)6(16)4(25-10)1-24-30(23,31)27-29(21,22)26-28(18,19)20;;;;;;;;/h2-4,6-7,10,16-17H,1H2,(H,21,22)(H,23,31)(H2,11,12,13)(H2,18,19,20);;;;;;;;/t4-,6-,7-,10-,30?;;;;;;;;/m1......../s1. The van der Waals surface area contributed by atoms with Gasteiger partial charge < -0.3 is 35.4 Å². The number of aliphatic hydroxyl groups is 2. The molecule has 1 fully saturated rings. The molecule has 2 aromatic heterocycles. The van der Waals surface area contributed by atoms with E-state index in [2.05, 4.69) is 35.8 Å². The average Bonchev–Trinajstić information content (AvgIpc) is 3.13. The van der Waals surface area contributed by atoms with Gasteiger partial charge in [-0.15, -0.1) is 0 Å². The van der Waals surface area contributed by atoms with Crippen LogP contribution in [-0.2, 0) is 31.6 Å². The Hall–Kier alpha value is 1.42. The Morgan fingerprint density at radius 2 is 1.63 bits per heavy atom. The Bertz CT molecular complexity index is 1130. The van der Waals surface area contributed by atoms with E-state index in [9.17, 15) is 28.8 Å². The third kappa shape index (κ3) is 10.2. The molecule has 1 aliphatic heterocycles.